The van der Waals surface area contributed by atoms with Gasteiger partial charge in [0.05, 0.1) is 0 Å². The summed E-state index contributed by atoms with van der Waals surface area (Å²) in [6.07, 6.45) is 3.93. The van der Waals surface area contributed by atoms with E-state index >= 15 is 0 Å². The maximum atomic E-state index is 5.76. The van der Waals surface area contributed by atoms with Crippen molar-refractivity contribution >= 4 is 0 Å². The molecule has 0 aromatic carbocycles. The van der Waals surface area contributed by atoms with Crippen LogP contribution in [0.4, 0.5) is 0 Å². The maximum absolute atomic E-state index is 5.76. The van der Waals surface area contributed by atoms with E-state index in [0.29, 0.717) is 23.7 Å². The summed E-state index contributed by atoms with van der Waals surface area (Å²) in [6, 6.07) is 0.394. The molecular formula is C15H27N3O2. The Bertz CT molecular complexity index is 411. The summed E-state index contributed by atoms with van der Waals surface area (Å²) in [5, 5.41) is 7.62. The topological polar surface area (TPSA) is 60.2 Å². The SMILES string of the molecule is CCNC(Cc1nc(C2(C)CCCO2)no1)CC(C)C. The van der Waals surface area contributed by atoms with Gasteiger partial charge in [-0.05, 0) is 38.6 Å². The second-order valence-corrected chi connectivity index (χ2v) is 6.28. The van der Waals surface area contributed by atoms with Crippen molar-refractivity contribution in [2.45, 2.75) is 65.0 Å². The fourth-order valence-corrected chi connectivity index (χ4v) is 2.82. The third-order valence-corrected chi connectivity index (χ3v) is 3.83. The molecular weight excluding hydrogens is 254 g/mol. The highest BCUT2D eigenvalue weighted by molar-refractivity contribution is 5.02. The number of likely N-dealkylation sites (N-methyl/N-ethyl adjacent to an activating group) is 1. The van der Waals surface area contributed by atoms with E-state index in [1.165, 1.54) is 0 Å². The Morgan fingerprint density at radius 2 is 2.20 bits per heavy atom. The second kappa shape index (κ2) is 6.68. The predicted molar refractivity (Wildman–Crippen MR) is 77.5 cm³/mol. The van der Waals surface area contributed by atoms with Gasteiger partial charge in [0.25, 0.3) is 0 Å². The smallest absolute Gasteiger partial charge is 0.228 e. The highest BCUT2D eigenvalue weighted by Gasteiger charge is 2.36. The molecule has 1 aliphatic rings. The minimum atomic E-state index is -0.354. The van der Waals surface area contributed by atoms with Crippen molar-refractivity contribution < 1.29 is 9.26 Å². The van der Waals surface area contributed by atoms with E-state index in [1.54, 1.807) is 0 Å². The molecule has 2 unspecified atom stereocenters. The Morgan fingerprint density at radius 3 is 2.80 bits per heavy atom. The Hall–Kier alpha value is -0.940. The summed E-state index contributed by atoms with van der Waals surface area (Å²) in [6.45, 7) is 10.4. The number of rotatable bonds is 7. The Morgan fingerprint density at radius 1 is 1.40 bits per heavy atom. The van der Waals surface area contributed by atoms with Gasteiger partial charge in [-0.3, -0.25) is 0 Å². The number of ether oxygens (including phenoxy) is 1. The highest BCUT2D eigenvalue weighted by Crippen LogP contribution is 2.33. The van der Waals surface area contributed by atoms with Crippen LogP contribution in [0.5, 0.6) is 0 Å². The summed E-state index contributed by atoms with van der Waals surface area (Å²) in [5.41, 5.74) is -0.354. The molecule has 0 bridgehead atoms. The van der Waals surface area contributed by atoms with Gasteiger partial charge < -0.3 is 14.6 Å². The molecule has 20 heavy (non-hydrogen) atoms. The van der Waals surface area contributed by atoms with E-state index < -0.39 is 0 Å². The van der Waals surface area contributed by atoms with Gasteiger partial charge in [0, 0.05) is 19.1 Å². The first kappa shape index (κ1) is 15.4. The Kier molecular flexibility index (Phi) is 5.16. The second-order valence-electron chi connectivity index (χ2n) is 6.28. The van der Waals surface area contributed by atoms with Crippen molar-refractivity contribution in [2.75, 3.05) is 13.2 Å². The molecule has 2 heterocycles. The molecule has 1 aromatic heterocycles. The van der Waals surface area contributed by atoms with Crippen LogP contribution in [0.3, 0.4) is 0 Å². The minimum absolute atomic E-state index is 0.354. The zero-order valence-electron chi connectivity index (χ0n) is 13.1. The van der Waals surface area contributed by atoms with Gasteiger partial charge in [-0.1, -0.05) is 25.9 Å². The first-order valence-corrected chi connectivity index (χ1v) is 7.74. The molecule has 5 heteroatoms. The Balaban J connectivity index is 2.00. The molecule has 1 saturated heterocycles. The normalized spacial score (nSPS) is 24.4. The number of hydrogen-bond acceptors (Lipinski definition) is 5. The van der Waals surface area contributed by atoms with Crippen LogP contribution in [-0.2, 0) is 16.8 Å². The summed E-state index contributed by atoms with van der Waals surface area (Å²) >= 11 is 0. The lowest BCUT2D eigenvalue weighted by molar-refractivity contribution is 0.00768. The molecule has 2 atom stereocenters. The zero-order chi connectivity index (χ0) is 14.6. The average molecular weight is 281 g/mol. The van der Waals surface area contributed by atoms with Crippen LogP contribution >= 0.6 is 0 Å². The standard InChI is InChI=1S/C15H27N3O2/c1-5-16-12(9-11(2)3)10-13-17-14(18-20-13)15(4)7-6-8-19-15/h11-12,16H,5-10H2,1-4H3. The van der Waals surface area contributed by atoms with Gasteiger partial charge in [-0.25, -0.2) is 0 Å². The minimum Gasteiger partial charge on any atom is -0.367 e. The van der Waals surface area contributed by atoms with E-state index in [4.69, 9.17) is 9.26 Å². The number of nitrogens with zero attached hydrogens (tertiary/aromatic N) is 2. The monoisotopic (exact) mass is 281 g/mol. The maximum Gasteiger partial charge on any atom is 0.228 e. The third-order valence-electron chi connectivity index (χ3n) is 3.83. The molecule has 0 spiro atoms. The largest absolute Gasteiger partial charge is 0.367 e. The highest BCUT2D eigenvalue weighted by atomic mass is 16.5. The van der Waals surface area contributed by atoms with Gasteiger partial charge >= 0.3 is 0 Å². The molecule has 0 radical (unpaired) electrons. The molecule has 1 aliphatic heterocycles. The van der Waals surface area contributed by atoms with Crippen LogP contribution in [0, 0.1) is 5.92 Å². The van der Waals surface area contributed by atoms with Gasteiger partial charge in [-0.15, -0.1) is 0 Å². The lowest BCUT2D eigenvalue weighted by Crippen LogP contribution is -2.32. The average Bonchev–Trinajstić information content (AvgIpc) is 2.99. The first-order valence-electron chi connectivity index (χ1n) is 7.74. The fraction of sp³-hybridized carbons (Fsp3) is 0.867. The van der Waals surface area contributed by atoms with Crippen LogP contribution < -0.4 is 5.32 Å². The van der Waals surface area contributed by atoms with Crippen LogP contribution in [0.25, 0.3) is 0 Å². The van der Waals surface area contributed by atoms with Crippen LogP contribution in [0.1, 0.15) is 58.7 Å². The molecule has 0 aliphatic carbocycles. The van der Waals surface area contributed by atoms with Crippen molar-refractivity contribution in [3.8, 4) is 0 Å². The zero-order valence-corrected chi connectivity index (χ0v) is 13.1. The quantitative estimate of drug-likeness (QED) is 0.832. The molecule has 114 valence electrons. The van der Waals surface area contributed by atoms with Gasteiger partial charge in [0.1, 0.15) is 5.60 Å². The van der Waals surface area contributed by atoms with E-state index in [1.807, 2.05) is 6.92 Å². The predicted octanol–water partition coefficient (Wildman–Crippen LogP) is 2.66. The number of nitrogens with one attached hydrogen (secondary N) is 1. The molecule has 1 fully saturated rings. The van der Waals surface area contributed by atoms with Crippen LogP contribution in [0.15, 0.2) is 4.52 Å². The van der Waals surface area contributed by atoms with Crippen molar-refractivity contribution in [1.82, 2.24) is 15.5 Å². The van der Waals surface area contributed by atoms with Crippen LogP contribution in [-0.4, -0.2) is 29.3 Å². The number of hydrogen-bond donors (Lipinski definition) is 1. The van der Waals surface area contributed by atoms with Gasteiger partial charge in [0.15, 0.2) is 0 Å². The van der Waals surface area contributed by atoms with E-state index in [9.17, 15) is 0 Å². The van der Waals surface area contributed by atoms with Gasteiger partial charge in [0.2, 0.25) is 11.7 Å². The van der Waals surface area contributed by atoms with E-state index in [2.05, 4.69) is 36.2 Å². The summed E-state index contributed by atoms with van der Waals surface area (Å²) in [7, 11) is 0. The van der Waals surface area contributed by atoms with Crippen LogP contribution in [0.2, 0.25) is 0 Å². The molecule has 0 saturated carbocycles. The molecule has 0 amide bonds. The fourth-order valence-electron chi connectivity index (χ4n) is 2.82. The lowest BCUT2D eigenvalue weighted by Gasteiger charge is -2.18. The molecule has 1 aromatic rings. The number of aromatic nitrogens is 2. The van der Waals surface area contributed by atoms with Crippen molar-refractivity contribution in [1.29, 1.82) is 0 Å². The molecule has 1 N–H and O–H groups in total. The Labute approximate surface area is 121 Å². The lowest BCUT2D eigenvalue weighted by atomic mass is 10.0. The molecule has 2 rings (SSSR count). The summed E-state index contributed by atoms with van der Waals surface area (Å²) < 4.78 is 11.2. The van der Waals surface area contributed by atoms with Crippen molar-refractivity contribution in [3.63, 3.8) is 0 Å². The van der Waals surface area contributed by atoms with Crippen molar-refractivity contribution in [3.05, 3.63) is 11.7 Å². The van der Waals surface area contributed by atoms with E-state index in [-0.39, 0.29) is 5.60 Å². The van der Waals surface area contributed by atoms with E-state index in [0.717, 1.165) is 38.8 Å². The van der Waals surface area contributed by atoms with Gasteiger partial charge in [-0.2, -0.15) is 4.98 Å². The summed E-state index contributed by atoms with van der Waals surface area (Å²) in [5.74, 6) is 2.06. The molecule has 5 nitrogen and oxygen atoms in total. The van der Waals surface area contributed by atoms with Crippen molar-refractivity contribution in [2.24, 2.45) is 5.92 Å². The third kappa shape index (κ3) is 3.79. The first-order chi connectivity index (χ1) is 9.53. The summed E-state index contributed by atoms with van der Waals surface area (Å²) in [4.78, 5) is 4.55.